The highest BCUT2D eigenvalue weighted by atomic mass is 16.6. The highest BCUT2D eigenvalue weighted by molar-refractivity contribution is 5.80. The summed E-state index contributed by atoms with van der Waals surface area (Å²) in [5, 5.41) is 10.1. The van der Waals surface area contributed by atoms with E-state index in [1.54, 1.807) is 30.3 Å². The Kier molecular flexibility index (Phi) is 4.84. The molecule has 3 aromatic rings. The van der Waals surface area contributed by atoms with Crippen molar-refractivity contribution in [1.29, 1.82) is 5.26 Å². The fraction of sp³-hybridized carbons (Fsp3) is 0.217. The second kappa shape index (κ2) is 7.48. The molecular formula is C23H20N2O5. The van der Waals surface area contributed by atoms with Gasteiger partial charge in [-0.25, -0.2) is 0 Å². The van der Waals surface area contributed by atoms with E-state index >= 15 is 0 Å². The van der Waals surface area contributed by atoms with Crippen LogP contribution in [0.2, 0.25) is 0 Å². The number of fused-ring (bicyclic) bond motifs is 2. The number of rotatable bonds is 4. The third-order valence-electron chi connectivity index (χ3n) is 4.83. The van der Waals surface area contributed by atoms with Gasteiger partial charge in [0, 0.05) is 6.07 Å². The van der Waals surface area contributed by atoms with Crippen molar-refractivity contribution in [2.45, 2.75) is 25.9 Å². The number of allylic oxidation sites excluding steroid dienone is 1. The quantitative estimate of drug-likeness (QED) is 0.704. The van der Waals surface area contributed by atoms with Gasteiger partial charge in [0.1, 0.15) is 28.7 Å². The first kappa shape index (κ1) is 19.4. The highest BCUT2D eigenvalue weighted by Crippen LogP contribution is 2.42. The molecule has 0 aliphatic carbocycles. The Balaban J connectivity index is 1.97. The largest absolute Gasteiger partial charge is 0.497 e. The molecule has 1 aromatic heterocycles. The van der Waals surface area contributed by atoms with Gasteiger partial charge in [0.15, 0.2) is 0 Å². The van der Waals surface area contributed by atoms with Crippen LogP contribution in [0.1, 0.15) is 30.9 Å². The van der Waals surface area contributed by atoms with Gasteiger partial charge in [-0.1, -0.05) is 12.1 Å². The van der Waals surface area contributed by atoms with Crippen LogP contribution in [0.3, 0.4) is 0 Å². The van der Waals surface area contributed by atoms with Crippen molar-refractivity contribution in [2.24, 2.45) is 5.73 Å². The zero-order valence-electron chi connectivity index (χ0n) is 16.8. The van der Waals surface area contributed by atoms with E-state index in [2.05, 4.69) is 6.07 Å². The van der Waals surface area contributed by atoms with E-state index in [0.717, 1.165) is 0 Å². The number of hydrogen-bond donors (Lipinski definition) is 1. The topological polar surface area (TPSA) is 108 Å². The summed E-state index contributed by atoms with van der Waals surface area (Å²) in [5.74, 6) is 0.296. The van der Waals surface area contributed by atoms with Gasteiger partial charge in [-0.15, -0.1) is 0 Å². The van der Waals surface area contributed by atoms with E-state index in [9.17, 15) is 10.1 Å². The molecule has 1 aliphatic heterocycles. The lowest BCUT2D eigenvalue weighted by Crippen LogP contribution is -2.26. The number of nitriles is 1. The lowest BCUT2D eigenvalue weighted by molar-refractivity contribution is 0.242. The first-order chi connectivity index (χ1) is 14.4. The normalized spacial score (nSPS) is 15.5. The fourth-order valence-electron chi connectivity index (χ4n) is 3.55. The molecule has 30 heavy (non-hydrogen) atoms. The van der Waals surface area contributed by atoms with Gasteiger partial charge in [-0.2, -0.15) is 5.26 Å². The summed E-state index contributed by atoms with van der Waals surface area (Å²) >= 11 is 0. The summed E-state index contributed by atoms with van der Waals surface area (Å²) < 4.78 is 22.4. The maximum Gasteiger partial charge on any atom is 0.300 e. The first-order valence-electron chi connectivity index (χ1n) is 9.42. The average molecular weight is 404 g/mol. The molecule has 4 rings (SSSR count). The molecule has 2 aromatic carbocycles. The molecule has 0 unspecified atom stereocenters. The van der Waals surface area contributed by atoms with E-state index < -0.39 is 5.92 Å². The minimum atomic E-state index is -0.739. The Bertz CT molecular complexity index is 1270. The zero-order chi connectivity index (χ0) is 21.4. The summed E-state index contributed by atoms with van der Waals surface area (Å²) in [4.78, 5) is 13.4. The molecule has 7 heteroatoms. The molecule has 1 atom stereocenters. The average Bonchev–Trinajstić information content (AvgIpc) is 2.72. The van der Waals surface area contributed by atoms with Crippen LogP contribution in [0.25, 0.3) is 11.0 Å². The SMILES string of the molecule is COc1ccc2c(=O)c3c(oc2c1)OC(N)=C(C#N)[C@H]3c1cccc(OC(C)C)c1. The predicted octanol–water partition coefficient (Wildman–Crippen LogP) is 3.81. The van der Waals surface area contributed by atoms with Crippen molar-refractivity contribution in [3.8, 4) is 23.5 Å². The Hall–Kier alpha value is -3.92. The van der Waals surface area contributed by atoms with E-state index in [-0.39, 0.29) is 34.5 Å². The van der Waals surface area contributed by atoms with Gasteiger partial charge in [0.05, 0.1) is 30.1 Å². The predicted molar refractivity (Wildman–Crippen MR) is 111 cm³/mol. The molecule has 0 spiro atoms. The summed E-state index contributed by atoms with van der Waals surface area (Å²) in [6, 6.07) is 14.2. The summed E-state index contributed by atoms with van der Waals surface area (Å²) in [6.45, 7) is 3.84. The fourth-order valence-corrected chi connectivity index (χ4v) is 3.55. The van der Waals surface area contributed by atoms with Crippen LogP contribution in [0, 0.1) is 11.3 Å². The smallest absolute Gasteiger partial charge is 0.300 e. The lowest BCUT2D eigenvalue weighted by Gasteiger charge is -2.25. The van der Waals surface area contributed by atoms with Crippen LogP contribution in [0.15, 0.2) is 63.1 Å². The molecule has 1 aliphatic rings. The summed E-state index contributed by atoms with van der Waals surface area (Å²) in [6.07, 6.45) is -0.0257. The molecule has 0 fully saturated rings. The van der Waals surface area contributed by atoms with Gasteiger partial charge in [0.2, 0.25) is 11.3 Å². The minimum Gasteiger partial charge on any atom is -0.497 e. The Labute approximate surface area is 172 Å². The molecule has 2 heterocycles. The van der Waals surface area contributed by atoms with Gasteiger partial charge in [0.25, 0.3) is 5.95 Å². The van der Waals surface area contributed by atoms with Crippen molar-refractivity contribution in [3.05, 3.63) is 75.3 Å². The number of nitrogens with two attached hydrogens (primary N) is 1. The van der Waals surface area contributed by atoms with Gasteiger partial charge in [-0.3, -0.25) is 4.79 Å². The molecule has 0 saturated carbocycles. The van der Waals surface area contributed by atoms with Gasteiger partial charge >= 0.3 is 0 Å². The van der Waals surface area contributed by atoms with Crippen LogP contribution < -0.4 is 25.4 Å². The highest BCUT2D eigenvalue weighted by Gasteiger charge is 2.35. The molecule has 7 nitrogen and oxygen atoms in total. The standard InChI is InChI=1S/C23H20N2O5/c1-12(2)28-15-6-4-5-13(9-15)19-17(11-24)22(25)30-23-20(19)21(26)16-8-7-14(27-3)10-18(16)29-23/h4-10,12,19H,25H2,1-3H3/t19-/m1/s1. The number of ether oxygens (including phenoxy) is 3. The van der Waals surface area contributed by atoms with E-state index in [1.807, 2.05) is 26.0 Å². The Morgan fingerprint density at radius 3 is 2.67 bits per heavy atom. The minimum absolute atomic E-state index is 0.0257. The lowest BCUT2D eigenvalue weighted by atomic mass is 9.84. The van der Waals surface area contributed by atoms with Gasteiger partial charge in [-0.05, 0) is 43.7 Å². The van der Waals surface area contributed by atoms with Crippen LogP contribution in [-0.2, 0) is 0 Å². The third-order valence-corrected chi connectivity index (χ3v) is 4.83. The summed E-state index contributed by atoms with van der Waals surface area (Å²) in [5.41, 5.74) is 7.07. The second-order valence-electron chi connectivity index (χ2n) is 7.16. The monoisotopic (exact) mass is 404 g/mol. The molecule has 2 N–H and O–H groups in total. The van der Waals surface area contributed by atoms with Crippen molar-refractivity contribution >= 4 is 11.0 Å². The van der Waals surface area contributed by atoms with Crippen LogP contribution in [0.4, 0.5) is 0 Å². The zero-order valence-corrected chi connectivity index (χ0v) is 16.8. The van der Waals surface area contributed by atoms with Crippen LogP contribution >= 0.6 is 0 Å². The van der Waals surface area contributed by atoms with Crippen LogP contribution in [-0.4, -0.2) is 13.2 Å². The number of nitrogens with zero attached hydrogens (tertiary/aromatic N) is 1. The molecule has 0 radical (unpaired) electrons. The maximum atomic E-state index is 13.4. The van der Waals surface area contributed by atoms with Crippen molar-refractivity contribution < 1.29 is 18.6 Å². The Morgan fingerprint density at radius 2 is 1.97 bits per heavy atom. The van der Waals surface area contributed by atoms with Crippen molar-refractivity contribution in [1.82, 2.24) is 0 Å². The number of hydrogen-bond acceptors (Lipinski definition) is 7. The molecule has 0 bridgehead atoms. The number of benzene rings is 2. The maximum absolute atomic E-state index is 13.4. The third kappa shape index (κ3) is 3.22. The molecule has 152 valence electrons. The van der Waals surface area contributed by atoms with E-state index in [0.29, 0.717) is 28.0 Å². The number of methoxy groups -OCH3 is 1. The second-order valence-corrected chi connectivity index (χ2v) is 7.16. The molecular weight excluding hydrogens is 384 g/mol. The first-order valence-corrected chi connectivity index (χ1v) is 9.42. The molecule has 0 saturated heterocycles. The van der Waals surface area contributed by atoms with E-state index in [1.165, 1.54) is 7.11 Å². The summed E-state index contributed by atoms with van der Waals surface area (Å²) in [7, 11) is 1.52. The molecule has 0 amide bonds. The Morgan fingerprint density at radius 1 is 1.17 bits per heavy atom. The van der Waals surface area contributed by atoms with Crippen molar-refractivity contribution in [3.63, 3.8) is 0 Å². The van der Waals surface area contributed by atoms with E-state index in [4.69, 9.17) is 24.4 Å². The van der Waals surface area contributed by atoms with Crippen molar-refractivity contribution in [2.75, 3.05) is 7.11 Å². The van der Waals surface area contributed by atoms with Crippen LogP contribution in [0.5, 0.6) is 17.4 Å². The van der Waals surface area contributed by atoms with Gasteiger partial charge < -0.3 is 24.4 Å².